The van der Waals surface area contributed by atoms with Crippen molar-refractivity contribution in [3.05, 3.63) is 130 Å². The van der Waals surface area contributed by atoms with E-state index >= 15 is 0 Å². The van der Waals surface area contributed by atoms with Crippen molar-refractivity contribution in [1.82, 2.24) is 0 Å². The van der Waals surface area contributed by atoms with Crippen LogP contribution in [0.15, 0.2) is 108 Å². The third-order valence-corrected chi connectivity index (χ3v) is 5.58. The molecule has 0 atom stereocenters. The SMILES string of the molecule is O=C1C2=Cc3ccccc3C2=CC=C1[N+](=O)[O-].c1ccc2c(c1)ccc1ccccc12. The molecular weight excluding hydrogens is 386 g/mol. The molecule has 0 N–H and O–H groups in total. The highest BCUT2D eigenvalue weighted by molar-refractivity contribution is 6.24. The monoisotopic (exact) mass is 403 g/mol. The van der Waals surface area contributed by atoms with Crippen LogP contribution in [0.2, 0.25) is 0 Å². The summed E-state index contributed by atoms with van der Waals surface area (Å²) in [7, 11) is 0. The highest BCUT2D eigenvalue weighted by Crippen LogP contribution is 2.39. The Morgan fingerprint density at radius 1 is 0.645 bits per heavy atom. The molecule has 0 aliphatic heterocycles. The number of benzene rings is 4. The molecule has 148 valence electrons. The molecule has 0 radical (unpaired) electrons. The first-order valence-corrected chi connectivity index (χ1v) is 9.92. The highest BCUT2D eigenvalue weighted by Gasteiger charge is 2.34. The summed E-state index contributed by atoms with van der Waals surface area (Å²) in [5, 5.41) is 16.0. The van der Waals surface area contributed by atoms with Gasteiger partial charge in [0.15, 0.2) is 0 Å². The first-order chi connectivity index (χ1) is 15.1. The molecule has 0 amide bonds. The molecule has 6 rings (SSSR count). The molecule has 31 heavy (non-hydrogen) atoms. The van der Waals surface area contributed by atoms with Crippen LogP contribution in [0.1, 0.15) is 11.1 Å². The largest absolute Gasteiger partial charge is 0.316 e. The van der Waals surface area contributed by atoms with Crippen LogP contribution in [0, 0.1) is 10.1 Å². The van der Waals surface area contributed by atoms with Gasteiger partial charge in [-0.15, -0.1) is 0 Å². The minimum atomic E-state index is -0.639. The van der Waals surface area contributed by atoms with Crippen LogP contribution in [0.4, 0.5) is 0 Å². The Hall–Kier alpha value is -4.31. The lowest BCUT2D eigenvalue weighted by Crippen LogP contribution is -2.15. The Balaban J connectivity index is 0.000000134. The molecule has 0 saturated heterocycles. The van der Waals surface area contributed by atoms with Crippen molar-refractivity contribution in [2.24, 2.45) is 0 Å². The Labute approximate surface area is 178 Å². The molecule has 0 spiro atoms. The number of carbonyl (C=O) groups excluding carboxylic acids is 1. The molecule has 0 unspecified atom stereocenters. The lowest BCUT2D eigenvalue weighted by atomic mass is 9.94. The Morgan fingerprint density at radius 3 is 1.87 bits per heavy atom. The second kappa shape index (κ2) is 7.50. The smallest absolute Gasteiger partial charge is 0.282 e. The molecule has 0 fully saturated rings. The van der Waals surface area contributed by atoms with Gasteiger partial charge < -0.3 is 0 Å². The number of fused-ring (bicyclic) bond motifs is 6. The van der Waals surface area contributed by atoms with E-state index in [9.17, 15) is 14.9 Å². The zero-order chi connectivity index (χ0) is 21.4. The Morgan fingerprint density at radius 2 is 1.23 bits per heavy atom. The second-order valence-corrected chi connectivity index (χ2v) is 7.37. The van der Waals surface area contributed by atoms with Gasteiger partial charge in [-0.05, 0) is 50.4 Å². The normalized spacial score (nSPS) is 14.1. The molecule has 0 aromatic heterocycles. The lowest BCUT2D eigenvalue weighted by Gasteiger charge is -2.08. The van der Waals surface area contributed by atoms with Crippen LogP contribution in [-0.4, -0.2) is 10.7 Å². The van der Waals surface area contributed by atoms with E-state index in [0.717, 1.165) is 16.7 Å². The molecule has 0 heterocycles. The number of allylic oxidation sites excluding steroid dienone is 4. The number of hydrogen-bond acceptors (Lipinski definition) is 3. The summed E-state index contributed by atoms with van der Waals surface area (Å²) in [5.41, 5.74) is 2.71. The van der Waals surface area contributed by atoms with Crippen LogP contribution in [0.5, 0.6) is 0 Å². The standard InChI is InChI=1S/C14H10.C13H7NO3/c1-3-7-13-11(5-1)9-10-12-6-2-4-8-14(12)13;15-13-11-7-8-3-1-2-4-9(8)10(11)5-6-12(13)14(16)17/h1-10H;1-7H. The number of Topliss-reactive ketones (excluding diaryl/α,β-unsaturated/α-hetero) is 1. The lowest BCUT2D eigenvalue weighted by molar-refractivity contribution is -0.418. The summed E-state index contributed by atoms with van der Waals surface area (Å²) >= 11 is 0. The van der Waals surface area contributed by atoms with Gasteiger partial charge in [-0.3, -0.25) is 14.9 Å². The Bertz CT molecular complexity index is 1420. The fraction of sp³-hybridized carbons (Fsp3) is 0. The number of nitro groups is 1. The predicted molar refractivity (Wildman–Crippen MR) is 124 cm³/mol. The maximum absolute atomic E-state index is 11.9. The summed E-state index contributed by atoms with van der Waals surface area (Å²) in [5.74, 6) is -0.510. The van der Waals surface area contributed by atoms with Crippen LogP contribution >= 0.6 is 0 Å². The molecular formula is C27H17NO3. The third-order valence-electron chi connectivity index (χ3n) is 5.58. The minimum absolute atomic E-state index is 0.368. The van der Waals surface area contributed by atoms with Crippen molar-refractivity contribution in [1.29, 1.82) is 0 Å². The highest BCUT2D eigenvalue weighted by atomic mass is 16.6. The van der Waals surface area contributed by atoms with Crippen LogP contribution in [-0.2, 0) is 4.79 Å². The van der Waals surface area contributed by atoms with Crippen molar-refractivity contribution < 1.29 is 9.72 Å². The van der Waals surface area contributed by atoms with E-state index in [4.69, 9.17) is 0 Å². The van der Waals surface area contributed by atoms with Gasteiger partial charge >= 0.3 is 5.70 Å². The van der Waals surface area contributed by atoms with Gasteiger partial charge in [-0.2, -0.15) is 0 Å². The summed E-state index contributed by atoms with van der Waals surface area (Å²) in [6.07, 6.45) is 4.62. The van der Waals surface area contributed by atoms with Gasteiger partial charge in [0, 0.05) is 11.6 Å². The fourth-order valence-corrected chi connectivity index (χ4v) is 4.09. The number of hydrogen-bond donors (Lipinski definition) is 0. The van der Waals surface area contributed by atoms with E-state index in [1.165, 1.54) is 27.6 Å². The maximum atomic E-state index is 11.9. The van der Waals surface area contributed by atoms with Gasteiger partial charge in [0.05, 0.1) is 4.92 Å². The quantitative estimate of drug-likeness (QED) is 0.216. The molecule has 4 nitrogen and oxygen atoms in total. The maximum Gasteiger partial charge on any atom is 0.316 e. The topological polar surface area (TPSA) is 60.2 Å². The van der Waals surface area contributed by atoms with E-state index in [0.29, 0.717) is 5.57 Å². The number of carbonyl (C=O) groups is 1. The van der Waals surface area contributed by atoms with Crippen molar-refractivity contribution in [3.63, 3.8) is 0 Å². The van der Waals surface area contributed by atoms with Gasteiger partial charge in [-0.25, -0.2) is 0 Å². The average molecular weight is 403 g/mol. The van der Waals surface area contributed by atoms with Crippen molar-refractivity contribution in [2.75, 3.05) is 0 Å². The summed E-state index contributed by atoms with van der Waals surface area (Å²) in [4.78, 5) is 21.9. The number of nitrogens with zero attached hydrogens (tertiary/aromatic N) is 1. The summed E-state index contributed by atoms with van der Waals surface area (Å²) in [6, 6.07) is 28.9. The van der Waals surface area contributed by atoms with E-state index in [1.807, 2.05) is 24.3 Å². The van der Waals surface area contributed by atoms with Crippen LogP contribution in [0.25, 0.3) is 33.2 Å². The average Bonchev–Trinajstić information content (AvgIpc) is 3.19. The van der Waals surface area contributed by atoms with E-state index in [2.05, 4.69) is 60.7 Å². The zero-order valence-corrected chi connectivity index (χ0v) is 16.5. The predicted octanol–water partition coefficient (Wildman–Crippen LogP) is 6.20. The van der Waals surface area contributed by atoms with Gasteiger partial charge in [-0.1, -0.05) is 84.9 Å². The van der Waals surface area contributed by atoms with Crippen LogP contribution in [0.3, 0.4) is 0 Å². The molecule has 2 aliphatic rings. The van der Waals surface area contributed by atoms with E-state index in [1.54, 1.807) is 12.2 Å². The molecule has 0 saturated carbocycles. The van der Waals surface area contributed by atoms with Gasteiger partial charge in [0.25, 0.3) is 5.78 Å². The minimum Gasteiger partial charge on any atom is -0.282 e. The molecule has 2 aliphatic carbocycles. The first-order valence-electron chi connectivity index (χ1n) is 9.92. The summed E-state index contributed by atoms with van der Waals surface area (Å²) < 4.78 is 0. The van der Waals surface area contributed by atoms with E-state index in [-0.39, 0.29) is 5.70 Å². The second-order valence-electron chi connectivity index (χ2n) is 7.37. The molecule has 4 heteroatoms. The zero-order valence-electron chi connectivity index (χ0n) is 16.5. The van der Waals surface area contributed by atoms with Crippen molar-refractivity contribution in [2.45, 2.75) is 0 Å². The molecule has 4 aromatic rings. The number of ketones is 1. The third kappa shape index (κ3) is 3.24. The molecule has 4 aromatic carbocycles. The van der Waals surface area contributed by atoms with Gasteiger partial charge in [0.1, 0.15) is 0 Å². The van der Waals surface area contributed by atoms with Crippen molar-refractivity contribution >= 4 is 39.0 Å². The summed E-state index contributed by atoms with van der Waals surface area (Å²) in [6.45, 7) is 0. The van der Waals surface area contributed by atoms with Gasteiger partial charge in [0.2, 0.25) is 0 Å². The number of rotatable bonds is 1. The Kier molecular flexibility index (Phi) is 4.53. The fourth-order valence-electron chi connectivity index (χ4n) is 4.09. The van der Waals surface area contributed by atoms with Crippen molar-refractivity contribution in [3.8, 4) is 0 Å². The first kappa shape index (κ1) is 18.7. The molecule has 0 bridgehead atoms. The van der Waals surface area contributed by atoms with E-state index < -0.39 is 10.7 Å². The van der Waals surface area contributed by atoms with Crippen LogP contribution < -0.4 is 0 Å².